The normalized spacial score (nSPS) is 10.1. The molecule has 15 heavy (non-hydrogen) atoms. The highest BCUT2D eigenvalue weighted by atomic mass is 79.9. The number of thioether (sulfide) groups is 1. The molecule has 0 heterocycles. The molecule has 0 radical (unpaired) electrons. The fourth-order valence-electron chi connectivity index (χ4n) is 1.17. The number of ether oxygens (including phenoxy) is 1. The van der Waals surface area contributed by atoms with E-state index in [0.717, 1.165) is 15.8 Å². The second kappa shape index (κ2) is 6.18. The van der Waals surface area contributed by atoms with Crippen LogP contribution in [0.4, 0.5) is 0 Å². The van der Waals surface area contributed by atoms with Gasteiger partial charge >= 0.3 is 5.97 Å². The first-order valence-electron chi connectivity index (χ1n) is 4.65. The number of halogens is 1. The largest absolute Gasteiger partial charge is 0.469 e. The highest BCUT2D eigenvalue weighted by Crippen LogP contribution is 2.28. The lowest BCUT2D eigenvalue weighted by Crippen LogP contribution is -2.04. The molecule has 0 saturated heterocycles. The fourth-order valence-corrected chi connectivity index (χ4v) is 2.61. The number of carbonyl (C=O) groups excluding carboxylic acids is 1. The molecular formula is C11H13BrO2S. The minimum Gasteiger partial charge on any atom is -0.469 e. The van der Waals surface area contributed by atoms with Gasteiger partial charge in [0.25, 0.3) is 0 Å². The predicted molar refractivity (Wildman–Crippen MR) is 66.3 cm³/mol. The topological polar surface area (TPSA) is 26.3 Å². The molecule has 0 N–H and O–H groups in total. The van der Waals surface area contributed by atoms with Crippen molar-refractivity contribution in [3.8, 4) is 0 Å². The summed E-state index contributed by atoms with van der Waals surface area (Å²) in [5.74, 6) is 0.826. The number of carbonyl (C=O) groups is 1. The summed E-state index contributed by atoms with van der Waals surface area (Å²) in [6.45, 7) is 2.11. The monoisotopic (exact) mass is 288 g/mol. The van der Waals surface area contributed by atoms with E-state index in [4.69, 9.17) is 0 Å². The molecule has 0 unspecified atom stereocenters. The molecule has 2 nitrogen and oxygen atoms in total. The van der Waals surface area contributed by atoms with Gasteiger partial charge in [-0.25, -0.2) is 0 Å². The van der Waals surface area contributed by atoms with Crippen LogP contribution in [0.25, 0.3) is 0 Å². The molecule has 0 aliphatic heterocycles. The van der Waals surface area contributed by atoms with Gasteiger partial charge in [-0.15, -0.1) is 11.8 Å². The summed E-state index contributed by atoms with van der Waals surface area (Å²) in [6.07, 6.45) is 0.326. The first-order chi connectivity index (χ1) is 7.17. The highest BCUT2D eigenvalue weighted by Gasteiger charge is 2.05. The number of rotatable bonds is 4. The fraction of sp³-hybridized carbons (Fsp3) is 0.364. The second-order valence-electron chi connectivity index (χ2n) is 2.95. The minimum atomic E-state index is -0.210. The SMILES string of the molecule is CCSc1ccc(CC(=O)OC)cc1Br. The lowest BCUT2D eigenvalue weighted by Gasteiger charge is -2.05. The minimum absolute atomic E-state index is 0.210. The first-order valence-corrected chi connectivity index (χ1v) is 6.43. The zero-order chi connectivity index (χ0) is 11.3. The number of hydrogen-bond donors (Lipinski definition) is 0. The second-order valence-corrected chi connectivity index (χ2v) is 5.11. The maximum absolute atomic E-state index is 11.1. The van der Waals surface area contributed by atoms with Crippen molar-refractivity contribution < 1.29 is 9.53 Å². The van der Waals surface area contributed by atoms with Gasteiger partial charge < -0.3 is 4.74 Å². The molecule has 0 bridgehead atoms. The Morgan fingerprint density at radius 2 is 2.27 bits per heavy atom. The molecule has 1 aromatic rings. The summed E-state index contributed by atoms with van der Waals surface area (Å²) >= 11 is 5.26. The number of esters is 1. The molecule has 1 rings (SSSR count). The zero-order valence-corrected chi connectivity index (χ0v) is 11.2. The van der Waals surface area contributed by atoms with Crippen LogP contribution in [0, 0.1) is 0 Å². The molecule has 0 aromatic heterocycles. The Morgan fingerprint density at radius 1 is 1.53 bits per heavy atom. The van der Waals surface area contributed by atoms with Crippen molar-refractivity contribution >= 4 is 33.7 Å². The average Bonchev–Trinajstić information content (AvgIpc) is 2.22. The van der Waals surface area contributed by atoms with Gasteiger partial charge in [0.1, 0.15) is 0 Å². The molecule has 0 spiro atoms. The van der Waals surface area contributed by atoms with Crippen molar-refractivity contribution in [1.82, 2.24) is 0 Å². The summed E-state index contributed by atoms with van der Waals surface area (Å²) in [7, 11) is 1.40. The molecule has 0 aliphatic carbocycles. The Kier molecular flexibility index (Phi) is 5.19. The molecule has 1 aromatic carbocycles. The predicted octanol–water partition coefficient (Wildman–Crippen LogP) is 3.28. The van der Waals surface area contributed by atoms with Crippen molar-refractivity contribution in [3.63, 3.8) is 0 Å². The van der Waals surface area contributed by atoms with E-state index in [1.165, 1.54) is 12.0 Å². The van der Waals surface area contributed by atoms with Crippen molar-refractivity contribution in [2.75, 3.05) is 12.9 Å². The van der Waals surface area contributed by atoms with Crippen LogP contribution in [-0.4, -0.2) is 18.8 Å². The van der Waals surface area contributed by atoms with E-state index in [1.807, 2.05) is 18.2 Å². The van der Waals surface area contributed by atoms with Crippen LogP contribution in [0.1, 0.15) is 12.5 Å². The maximum atomic E-state index is 11.1. The summed E-state index contributed by atoms with van der Waals surface area (Å²) in [5.41, 5.74) is 0.967. The van der Waals surface area contributed by atoms with Crippen LogP contribution in [0.2, 0.25) is 0 Å². The summed E-state index contributed by atoms with van der Waals surface area (Å²) in [5, 5.41) is 0. The van der Waals surface area contributed by atoms with Crippen molar-refractivity contribution in [1.29, 1.82) is 0 Å². The molecular weight excluding hydrogens is 276 g/mol. The molecule has 0 atom stereocenters. The summed E-state index contributed by atoms with van der Waals surface area (Å²) in [6, 6.07) is 5.95. The number of methoxy groups -OCH3 is 1. The van der Waals surface area contributed by atoms with Crippen LogP contribution in [-0.2, 0) is 16.0 Å². The van der Waals surface area contributed by atoms with Crippen LogP contribution >= 0.6 is 27.7 Å². The zero-order valence-electron chi connectivity index (χ0n) is 8.75. The Balaban J connectivity index is 2.77. The van der Waals surface area contributed by atoms with Gasteiger partial charge in [0.15, 0.2) is 0 Å². The standard InChI is InChI=1S/C11H13BrO2S/c1-3-15-10-5-4-8(6-9(10)12)7-11(13)14-2/h4-6H,3,7H2,1-2H3. The molecule has 82 valence electrons. The smallest absolute Gasteiger partial charge is 0.309 e. The first kappa shape index (κ1) is 12.6. The van der Waals surface area contributed by atoms with Crippen LogP contribution in [0.15, 0.2) is 27.6 Å². The van der Waals surface area contributed by atoms with Crippen LogP contribution in [0.5, 0.6) is 0 Å². The van der Waals surface area contributed by atoms with Crippen molar-refractivity contribution in [3.05, 3.63) is 28.2 Å². The highest BCUT2D eigenvalue weighted by molar-refractivity contribution is 9.10. The molecule has 0 aliphatic rings. The third-order valence-electron chi connectivity index (χ3n) is 1.87. The van der Waals surface area contributed by atoms with Crippen molar-refractivity contribution in [2.45, 2.75) is 18.2 Å². The average molecular weight is 289 g/mol. The number of benzene rings is 1. The molecule has 0 fully saturated rings. The maximum Gasteiger partial charge on any atom is 0.309 e. The molecule has 0 amide bonds. The summed E-state index contributed by atoms with van der Waals surface area (Å²) < 4.78 is 5.65. The Labute approximate surface area is 103 Å². The van der Waals surface area contributed by atoms with Gasteiger partial charge in [-0.05, 0) is 39.4 Å². The van der Waals surface area contributed by atoms with Gasteiger partial charge in [0.05, 0.1) is 13.5 Å². The van der Waals surface area contributed by atoms with Gasteiger partial charge in [-0.2, -0.15) is 0 Å². The van der Waals surface area contributed by atoms with Gasteiger partial charge in [0.2, 0.25) is 0 Å². The van der Waals surface area contributed by atoms with E-state index >= 15 is 0 Å². The Bertz CT molecular complexity index is 352. The van der Waals surface area contributed by atoms with E-state index in [2.05, 4.69) is 27.6 Å². The van der Waals surface area contributed by atoms with E-state index in [0.29, 0.717) is 6.42 Å². The Morgan fingerprint density at radius 3 is 2.80 bits per heavy atom. The van der Waals surface area contributed by atoms with E-state index in [9.17, 15) is 4.79 Å². The van der Waals surface area contributed by atoms with Gasteiger partial charge in [-0.1, -0.05) is 13.0 Å². The van der Waals surface area contributed by atoms with Crippen LogP contribution in [0.3, 0.4) is 0 Å². The quantitative estimate of drug-likeness (QED) is 0.628. The third-order valence-corrected chi connectivity index (χ3v) is 3.75. The molecule has 4 heteroatoms. The lowest BCUT2D eigenvalue weighted by atomic mass is 10.1. The molecule has 0 saturated carbocycles. The summed E-state index contributed by atoms with van der Waals surface area (Å²) in [4.78, 5) is 12.3. The third kappa shape index (κ3) is 3.87. The van der Waals surface area contributed by atoms with Crippen LogP contribution < -0.4 is 0 Å². The Hall–Kier alpha value is -0.480. The van der Waals surface area contributed by atoms with Crippen molar-refractivity contribution in [2.24, 2.45) is 0 Å². The van der Waals surface area contributed by atoms with E-state index < -0.39 is 0 Å². The van der Waals surface area contributed by atoms with E-state index in [-0.39, 0.29) is 5.97 Å². The van der Waals surface area contributed by atoms with Gasteiger partial charge in [0, 0.05) is 9.37 Å². The lowest BCUT2D eigenvalue weighted by molar-refractivity contribution is -0.139. The number of hydrogen-bond acceptors (Lipinski definition) is 3. The van der Waals surface area contributed by atoms with Gasteiger partial charge in [-0.3, -0.25) is 4.79 Å². The van der Waals surface area contributed by atoms with E-state index in [1.54, 1.807) is 11.8 Å².